The lowest BCUT2D eigenvalue weighted by molar-refractivity contribution is -0.198. The minimum absolute atomic E-state index is 0.0480. The molecule has 1 rings (SSSR count). The lowest BCUT2D eigenvalue weighted by atomic mass is 9.76. The molecule has 0 aliphatic carbocycles. The number of carbonyl (C=O) groups is 7. The van der Waals surface area contributed by atoms with Crippen molar-refractivity contribution in [2.75, 3.05) is 324 Å². The van der Waals surface area contributed by atoms with Crippen LogP contribution in [0, 0.1) is 5.41 Å². The van der Waals surface area contributed by atoms with Crippen molar-refractivity contribution in [1.29, 1.82) is 0 Å². The van der Waals surface area contributed by atoms with E-state index in [-0.39, 0.29) is 58.5 Å². The first kappa shape index (κ1) is 117. The van der Waals surface area contributed by atoms with Crippen LogP contribution in [0.4, 0.5) is 0 Å². The maximum Gasteiger partial charge on any atom is 0.335 e. The number of nitrogens with zero attached hydrogens (tertiary/aromatic N) is 1. The van der Waals surface area contributed by atoms with Gasteiger partial charge in [-0.2, -0.15) is 0 Å². The molecule has 0 aromatic heterocycles. The number of aliphatic carboxylic acids is 3. The first-order valence-electron chi connectivity index (χ1n) is 45.4. The smallest absolute Gasteiger partial charge is 0.335 e. The second kappa shape index (κ2) is 95.1. The molecule has 1 aliphatic heterocycles. The average Bonchev–Trinajstić information content (AvgIpc) is 1.53. The van der Waals surface area contributed by atoms with Crippen molar-refractivity contribution < 1.29 is 167 Å². The van der Waals surface area contributed by atoms with Gasteiger partial charge in [-0.15, -0.1) is 5.06 Å². The zero-order valence-electron chi connectivity index (χ0n) is 74.5. The molecule has 1 saturated heterocycles. The van der Waals surface area contributed by atoms with E-state index in [0.717, 1.165) is 128 Å². The SMILES string of the molecule is O=C(O)CCCCCCCCCCCCCC(CCCCCCCCCCCCCC(=O)O)(C(=O)O)C(=O)NCCOCCOCCOCCOCCOCCOCCOCCOCCOCCOCCOCCOCCOCCOCCOCCOCCOCCOCCOCCOCCOCCOCCOCCOCCC(=O)ON1C(=O)CCC1=O. The Bertz CT molecular complexity index is 2290. The minimum Gasteiger partial charge on any atom is -0.481 e. The minimum atomic E-state index is -1.48. The lowest BCUT2D eigenvalue weighted by Crippen LogP contribution is -2.47. The number of carbonyl (C=O) groups excluding carboxylic acids is 4. The number of amides is 3. The second-order valence-electron chi connectivity index (χ2n) is 28.7. The van der Waals surface area contributed by atoms with Gasteiger partial charge in [0.2, 0.25) is 5.91 Å². The number of unbranched alkanes of at least 4 members (excludes halogenated alkanes) is 20. The largest absolute Gasteiger partial charge is 0.481 e. The molecule has 1 heterocycles. The molecule has 3 amide bonds. The highest BCUT2D eigenvalue weighted by Gasteiger charge is 2.45. The van der Waals surface area contributed by atoms with Crippen LogP contribution in [0.2, 0.25) is 0 Å². The molecule has 1 fully saturated rings. The van der Waals surface area contributed by atoms with Gasteiger partial charge in [-0.3, -0.25) is 28.8 Å². The average molecular weight is 1780 g/mol. The van der Waals surface area contributed by atoms with Gasteiger partial charge in [0.1, 0.15) is 5.41 Å². The van der Waals surface area contributed by atoms with Crippen molar-refractivity contribution in [3.63, 3.8) is 0 Å². The number of carboxylic acid groups (broad SMARTS) is 3. The van der Waals surface area contributed by atoms with Gasteiger partial charge in [-0.1, -0.05) is 128 Å². The Morgan fingerprint density at radius 1 is 0.236 bits per heavy atom. The van der Waals surface area contributed by atoms with Crippen LogP contribution in [0.1, 0.15) is 186 Å². The molecule has 37 heteroatoms. The predicted octanol–water partition coefficient (Wildman–Crippen LogP) is 7.88. The van der Waals surface area contributed by atoms with Gasteiger partial charge in [-0.05, 0) is 25.7 Å². The summed E-state index contributed by atoms with van der Waals surface area (Å²) in [5, 5.41) is 31.6. The van der Waals surface area contributed by atoms with Gasteiger partial charge in [0.05, 0.1) is 324 Å². The summed E-state index contributed by atoms with van der Waals surface area (Å²) in [6.07, 6.45) is 22.8. The van der Waals surface area contributed by atoms with E-state index in [1.807, 2.05) is 0 Å². The summed E-state index contributed by atoms with van der Waals surface area (Å²) in [6.45, 7) is 20.5. The van der Waals surface area contributed by atoms with Gasteiger partial charge < -0.3 is 139 Å². The van der Waals surface area contributed by atoms with Crippen molar-refractivity contribution in [2.24, 2.45) is 5.41 Å². The highest BCUT2D eigenvalue weighted by molar-refractivity contribution is 6.02. The molecule has 123 heavy (non-hydrogen) atoms. The molecule has 0 unspecified atom stereocenters. The Morgan fingerprint density at radius 2 is 0.407 bits per heavy atom. The number of ether oxygens (including phenoxy) is 24. The Labute approximate surface area is 731 Å². The quantitative estimate of drug-likeness (QED) is 0.0255. The number of hydrogen-bond donors (Lipinski definition) is 4. The molecule has 0 atom stereocenters. The molecule has 0 bridgehead atoms. The monoisotopic (exact) mass is 1780 g/mol. The second-order valence-corrected chi connectivity index (χ2v) is 28.7. The van der Waals surface area contributed by atoms with Crippen LogP contribution >= 0.6 is 0 Å². The Kier molecular flexibility index (Phi) is 90.1. The summed E-state index contributed by atoms with van der Waals surface area (Å²) in [5.41, 5.74) is -1.48. The van der Waals surface area contributed by atoms with E-state index >= 15 is 0 Å². The maximum absolute atomic E-state index is 13.7. The fourth-order valence-corrected chi connectivity index (χ4v) is 11.8. The summed E-state index contributed by atoms with van der Waals surface area (Å²) < 4.78 is 133. The summed E-state index contributed by atoms with van der Waals surface area (Å²) in [7, 11) is 0. The number of hydrogen-bond acceptors (Lipinski definition) is 32. The summed E-state index contributed by atoms with van der Waals surface area (Å²) in [4.78, 5) is 87.5. The third-order valence-electron chi connectivity index (χ3n) is 18.6. The number of hydroxylamine groups is 2. The summed E-state index contributed by atoms with van der Waals surface area (Å²) in [5.74, 6) is -4.73. The third-order valence-corrected chi connectivity index (χ3v) is 18.6. The van der Waals surface area contributed by atoms with Crippen molar-refractivity contribution in [3.05, 3.63) is 0 Å². The van der Waals surface area contributed by atoms with E-state index in [1.54, 1.807) is 0 Å². The predicted molar refractivity (Wildman–Crippen MR) is 450 cm³/mol. The number of rotatable bonds is 106. The zero-order valence-corrected chi connectivity index (χ0v) is 74.5. The van der Waals surface area contributed by atoms with Crippen LogP contribution in [0.15, 0.2) is 0 Å². The van der Waals surface area contributed by atoms with Gasteiger partial charge >= 0.3 is 23.9 Å². The highest BCUT2D eigenvalue weighted by Crippen LogP contribution is 2.33. The maximum atomic E-state index is 13.7. The summed E-state index contributed by atoms with van der Waals surface area (Å²) in [6, 6.07) is 0. The Hall–Kier alpha value is -4.47. The van der Waals surface area contributed by atoms with Crippen molar-refractivity contribution in [2.45, 2.75) is 186 Å². The van der Waals surface area contributed by atoms with Crippen molar-refractivity contribution >= 4 is 41.6 Å². The normalized spacial score (nSPS) is 12.4. The molecule has 4 N–H and O–H groups in total. The fraction of sp³-hybridized carbons (Fsp3) is 0.919. The van der Waals surface area contributed by atoms with E-state index in [2.05, 4.69) is 5.32 Å². The van der Waals surface area contributed by atoms with Crippen LogP contribution in [-0.4, -0.2) is 386 Å². The topological polar surface area (TPSA) is 426 Å². The zero-order chi connectivity index (χ0) is 88.7. The molecule has 0 aromatic carbocycles. The molecule has 0 saturated carbocycles. The highest BCUT2D eigenvalue weighted by atomic mass is 16.7. The molecule has 724 valence electrons. The molecular formula is C86H160N2O35. The van der Waals surface area contributed by atoms with Gasteiger partial charge in [0, 0.05) is 32.2 Å². The third kappa shape index (κ3) is 84.2. The lowest BCUT2D eigenvalue weighted by Gasteiger charge is -2.28. The summed E-state index contributed by atoms with van der Waals surface area (Å²) >= 11 is 0. The molecule has 0 spiro atoms. The van der Waals surface area contributed by atoms with Crippen LogP contribution in [0.3, 0.4) is 0 Å². The van der Waals surface area contributed by atoms with Crippen LogP contribution < -0.4 is 5.32 Å². The fourth-order valence-electron chi connectivity index (χ4n) is 11.8. The molecule has 37 nitrogen and oxygen atoms in total. The molecule has 1 aliphatic rings. The Morgan fingerprint density at radius 3 is 0.593 bits per heavy atom. The van der Waals surface area contributed by atoms with Gasteiger partial charge in [0.15, 0.2) is 0 Å². The number of nitrogens with one attached hydrogen (secondary N) is 1. The van der Waals surface area contributed by atoms with E-state index in [4.69, 9.17) is 129 Å². The molecule has 0 radical (unpaired) electrons. The van der Waals surface area contributed by atoms with E-state index in [9.17, 15) is 38.7 Å². The number of imide groups is 1. The van der Waals surface area contributed by atoms with Crippen molar-refractivity contribution in [1.82, 2.24) is 10.4 Å². The van der Waals surface area contributed by atoms with Crippen LogP contribution in [0.25, 0.3) is 0 Å². The van der Waals surface area contributed by atoms with Crippen molar-refractivity contribution in [3.8, 4) is 0 Å². The standard InChI is InChI=1S/C86H160N2O35/c89-79-25-26-80(90)88(79)123-83(95)27-31-99-33-35-101-37-39-103-41-43-105-45-47-107-49-51-109-53-55-111-57-59-113-61-63-115-65-67-117-69-71-119-73-75-121-77-78-122-76-74-120-72-70-118-68-66-116-64-62-114-60-58-112-56-54-110-52-50-108-48-46-106-44-42-104-40-38-102-36-34-100-32-30-87-84(96)86(85(97)98,28-21-17-13-9-5-1-3-7-11-15-19-23-81(91)92)29-22-18-14-10-6-2-4-8-12-16-20-24-82(93)94/h1-78H2,(H,87,96)(H,91,92)(H,93,94)(H,97,98). The first-order chi connectivity index (χ1) is 60.5. The van der Waals surface area contributed by atoms with E-state index in [1.165, 1.54) is 0 Å². The van der Waals surface area contributed by atoms with Crippen LogP contribution in [-0.2, 0) is 152 Å². The van der Waals surface area contributed by atoms with Gasteiger partial charge in [-0.25, -0.2) is 4.79 Å². The first-order valence-corrected chi connectivity index (χ1v) is 45.4. The Balaban J connectivity index is 1.78. The van der Waals surface area contributed by atoms with E-state index in [0.29, 0.717) is 328 Å². The number of carboxylic acids is 3. The molecule has 0 aromatic rings. The molecular weight excluding hydrogens is 1620 g/mol. The van der Waals surface area contributed by atoms with E-state index < -0.39 is 47.0 Å². The van der Waals surface area contributed by atoms with Crippen LogP contribution in [0.5, 0.6) is 0 Å². The van der Waals surface area contributed by atoms with Gasteiger partial charge in [0.25, 0.3) is 11.8 Å².